The lowest BCUT2D eigenvalue weighted by Gasteiger charge is -2.24. The van der Waals surface area contributed by atoms with Gasteiger partial charge in [0.25, 0.3) is 0 Å². The first kappa shape index (κ1) is 23.7. The maximum Gasteiger partial charge on any atom is 0.115 e. The van der Waals surface area contributed by atoms with E-state index in [1.54, 1.807) is 14.2 Å². The maximum atomic E-state index is 5.68. The summed E-state index contributed by atoms with van der Waals surface area (Å²) in [7, 11) is 3.42. The van der Waals surface area contributed by atoms with Crippen LogP contribution in [0.2, 0.25) is 0 Å². The van der Waals surface area contributed by atoms with Crippen LogP contribution in [0.25, 0.3) is 33.4 Å². The molecule has 0 radical (unpaired) electrons. The fraction of sp³-hybridized carbons (Fsp3) is 0.286. The van der Waals surface area contributed by atoms with Crippen LogP contribution in [0.4, 0.5) is 0 Å². The zero-order valence-corrected chi connectivity index (χ0v) is 20.5. The molecule has 0 saturated carbocycles. The van der Waals surface area contributed by atoms with Gasteiger partial charge in [-0.1, -0.05) is 0 Å². The highest BCUT2D eigenvalue weighted by atomic mass is 16.5. The van der Waals surface area contributed by atoms with Crippen molar-refractivity contribution in [3.05, 3.63) is 85.0 Å². The smallest absolute Gasteiger partial charge is 0.115 e. The number of hydrogen-bond donors (Lipinski definition) is 0. The number of methoxy groups -OCH3 is 2. The molecule has 174 valence electrons. The molecule has 4 aromatic rings. The van der Waals surface area contributed by atoms with Crippen LogP contribution >= 0.6 is 0 Å². The monoisotopic (exact) mass is 454 g/mol. The second kappa shape index (κ2) is 9.41. The third-order valence-electron chi connectivity index (χ3n) is 6.38. The van der Waals surface area contributed by atoms with Crippen LogP contribution < -0.4 is 0 Å². The van der Waals surface area contributed by atoms with Gasteiger partial charge in [0.05, 0.1) is 11.2 Å². The molecular weight excluding hydrogens is 424 g/mol. The van der Waals surface area contributed by atoms with Gasteiger partial charge in [0.15, 0.2) is 0 Å². The number of ether oxygens (including phenoxy) is 2. The Morgan fingerprint density at radius 1 is 0.471 bits per heavy atom. The fourth-order valence-electron chi connectivity index (χ4n) is 3.67. The molecule has 0 fully saturated rings. The first-order valence-electron chi connectivity index (χ1n) is 11.2. The van der Waals surface area contributed by atoms with Crippen LogP contribution in [0.15, 0.2) is 73.8 Å². The van der Waals surface area contributed by atoms with E-state index in [1.165, 1.54) is 6.33 Å². The highest BCUT2D eigenvalue weighted by Gasteiger charge is 2.22. The van der Waals surface area contributed by atoms with Gasteiger partial charge in [-0.15, -0.1) is 0 Å². The van der Waals surface area contributed by atoms with Crippen molar-refractivity contribution >= 4 is 0 Å². The summed E-state index contributed by atoms with van der Waals surface area (Å²) in [5, 5.41) is 0. The van der Waals surface area contributed by atoms with Crippen molar-refractivity contribution in [2.75, 3.05) is 14.2 Å². The first-order valence-corrected chi connectivity index (χ1v) is 11.2. The van der Waals surface area contributed by atoms with Crippen molar-refractivity contribution in [3.63, 3.8) is 0 Å². The van der Waals surface area contributed by atoms with E-state index in [1.807, 2.05) is 64.9 Å². The third-order valence-corrected chi connectivity index (χ3v) is 6.38. The van der Waals surface area contributed by atoms with E-state index in [4.69, 9.17) is 9.47 Å². The van der Waals surface area contributed by atoms with Crippen LogP contribution in [0.5, 0.6) is 0 Å². The van der Waals surface area contributed by atoms with Crippen LogP contribution in [-0.2, 0) is 20.7 Å². The highest BCUT2D eigenvalue weighted by molar-refractivity contribution is 5.80. The van der Waals surface area contributed by atoms with Gasteiger partial charge in [-0.05, 0) is 74.7 Å². The Balaban J connectivity index is 1.89. The SMILES string of the molecule is COC(C)(C)c1cncc(-c2cc(-c3cncnc3)cc(-c3cncc(C(C)(C)OC)c3)c2)c1. The van der Waals surface area contributed by atoms with Gasteiger partial charge in [-0.3, -0.25) is 9.97 Å². The summed E-state index contributed by atoms with van der Waals surface area (Å²) < 4.78 is 11.4. The third kappa shape index (κ3) is 4.88. The Hall–Kier alpha value is -3.48. The molecule has 6 nitrogen and oxygen atoms in total. The van der Waals surface area contributed by atoms with E-state index >= 15 is 0 Å². The minimum absolute atomic E-state index is 0.444. The molecule has 0 amide bonds. The molecular formula is C28H30N4O2. The van der Waals surface area contributed by atoms with Crippen molar-refractivity contribution in [1.29, 1.82) is 0 Å². The molecule has 0 unspecified atom stereocenters. The standard InChI is InChI=1S/C28H30N4O2/c1-27(2,33-5)25-10-22(12-29-16-25)19-7-20(9-21(8-19)24-14-31-18-32-15-24)23-11-26(17-30-13-23)28(3,4)34-6/h7-18H,1-6H3. The lowest BCUT2D eigenvalue weighted by atomic mass is 9.91. The van der Waals surface area contributed by atoms with Crippen molar-refractivity contribution in [2.24, 2.45) is 0 Å². The van der Waals surface area contributed by atoms with E-state index in [0.717, 1.165) is 44.5 Å². The van der Waals surface area contributed by atoms with Crippen LogP contribution in [-0.4, -0.2) is 34.2 Å². The lowest BCUT2D eigenvalue weighted by molar-refractivity contribution is 0.0187. The zero-order chi connectivity index (χ0) is 24.3. The molecule has 1 aromatic carbocycles. The molecule has 0 aliphatic carbocycles. The van der Waals surface area contributed by atoms with E-state index in [-0.39, 0.29) is 0 Å². The molecule has 0 N–H and O–H groups in total. The Morgan fingerprint density at radius 2 is 0.853 bits per heavy atom. The molecule has 0 saturated heterocycles. The Morgan fingerprint density at radius 3 is 1.26 bits per heavy atom. The normalized spacial score (nSPS) is 12.1. The minimum Gasteiger partial charge on any atom is -0.374 e. The van der Waals surface area contributed by atoms with Crippen molar-refractivity contribution in [3.8, 4) is 33.4 Å². The summed E-state index contributed by atoms with van der Waals surface area (Å²) in [6, 6.07) is 10.7. The number of pyridine rings is 2. The summed E-state index contributed by atoms with van der Waals surface area (Å²) in [4.78, 5) is 17.4. The molecule has 0 atom stereocenters. The number of aromatic nitrogens is 4. The summed E-state index contributed by atoms with van der Waals surface area (Å²) in [5.41, 5.74) is 7.16. The van der Waals surface area contributed by atoms with Gasteiger partial charge >= 0.3 is 0 Å². The average molecular weight is 455 g/mol. The number of hydrogen-bond acceptors (Lipinski definition) is 6. The predicted molar refractivity (Wildman–Crippen MR) is 134 cm³/mol. The summed E-state index contributed by atoms with van der Waals surface area (Å²) in [6.07, 6.45) is 12.6. The van der Waals surface area contributed by atoms with Gasteiger partial charge in [0.1, 0.15) is 6.33 Å². The van der Waals surface area contributed by atoms with Gasteiger partial charge in [0, 0.05) is 79.2 Å². The summed E-state index contributed by atoms with van der Waals surface area (Å²) in [5.74, 6) is 0. The van der Waals surface area contributed by atoms with Crippen molar-refractivity contribution in [2.45, 2.75) is 38.9 Å². The second-order valence-electron chi connectivity index (χ2n) is 9.28. The topological polar surface area (TPSA) is 70.0 Å². The van der Waals surface area contributed by atoms with Gasteiger partial charge < -0.3 is 9.47 Å². The second-order valence-corrected chi connectivity index (χ2v) is 9.28. The zero-order valence-electron chi connectivity index (χ0n) is 20.5. The molecule has 0 aliphatic rings. The van der Waals surface area contributed by atoms with Crippen LogP contribution in [0.1, 0.15) is 38.8 Å². The van der Waals surface area contributed by atoms with E-state index in [9.17, 15) is 0 Å². The molecule has 3 heterocycles. The van der Waals surface area contributed by atoms with E-state index in [2.05, 4.69) is 50.3 Å². The Kier molecular flexibility index (Phi) is 6.55. The highest BCUT2D eigenvalue weighted by Crippen LogP contribution is 2.35. The molecule has 6 heteroatoms. The molecule has 0 aliphatic heterocycles. The largest absolute Gasteiger partial charge is 0.374 e. The summed E-state index contributed by atoms with van der Waals surface area (Å²) >= 11 is 0. The van der Waals surface area contributed by atoms with E-state index < -0.39 is 11.2 Å². The van der Waals surface area contributed by atoms with Crippen LogP contribution in [0, 0.1) is 0 Å². The molecule has 0 spiro atoms. The minimum atomic E-state index is -0.444. The first-order chi connectivity index (χ1) is 16.2. The number of nitrogens with zero attached hydrogens (tertiary/aromatic N) is 4. The Labute approximate surface area is 201 Å². The molecule has 4 rings (SSSR count). The number of rotatable bonds is 7. The summed E-state index contributed by atoms with van der Waals surface area (Å²) in [6.45, 7) is 8.13. The molecule has 3 aromatic heterocycles. The van der Waals surface area contributed by atoms with Gasteiger partial charge in [-0.2, -0.15) is 0 Å². The van der Waals surface area contributed by atoms with E-state index in [0.29, 0.717) is 0 Å². The predicted octanol–water partition coefficient (Wildman–Crippen LogP) is 6.03. The lowest BCUT2D eigenvalue weighted by Crippen LogP contribution is -2.19. The molecule has 0 bridgehead atoms. The fourth-order valence-corrected chi connectivity index (χ4v) is 3.67. The van der Waals surface area contributed by atoms with Crippen LogP contribution in [0.3, 0.4) is 0 Å². The maximum absolute atomic E-state index is 5.68. The molecule has 34 heavy (non-hydrogen) atoms. The average Bonchev–Trinajstić information content (AvgIpc) is 2.89. The van der Waals surface area contributed by atoms with Gasteiger partial charge in [0.2, 0.25) is 0 Å². The number of benzene rings is 1. The van der Waals surface area contributed by atoms with Gasteiger partial charge in [-0.25, -0.2) is 9.97 Å². The van der Waals surface area contributed by atoms with Crippen molar-refractivity contribution in [1.82, 2.24) is 19.9 Å². The quantitative estimate of drug-likeness (QED) is 0.340. The Bertz CT molecular complexity index is 1210. The van der Waals surface area contributed by atoms with Crippen molar-refractivity contribution < 1.29 is 9.47 Å².